The van der Waals surface area contributed by atoms with Gasteiger partial charge in [0.25, 0.3) is 0 Å². The molecule has 2 heterocycles. The van der Waals surface area contributed by atoms with Gasteiger partial charge in [0.1, 0.15) is 5.82 Å². The summed E-state index contributed by atoms with van der Waals surface area (Å²) in [6.45, 7) is 7.20. The molecule has 1 aromatic heterocycles. The lowest BCUT2D eigenvalue weighted by molar-refractivity contribution is 0.476. The monoisotopic (exact) mass is 242 g/mol. The minimum absolute atomic E-state index is 0.308. The van der Waals surface area contributed by atoms with Crippen LogP contribution in [-0.2, 0) is 0 Å². The maximum absolute atomic E-state index is 4.52. The Morgan fingerprint density at radius 2 is 2.11 bits per heavy atom. The summed E-state index contributed by atoms with van der Waals surface area (Å²) in [7, 11) is 0. The normalized spacial score (nSPS) is 18.3. The number of hydrogen-bond acceptors (Lipinski definition) is 3. The third-order valence-electron chi connectivity index (χ3n) is 3.53. The molecule has 0 saturated carbocycles. The zero-order chi connectivity index (χ0) is 12.7. The number of fused-ring (bicyclic) bond motifs is 1. The quantitative estimate of drug-likeness (QED) is 0.836. The van der Waals surface area contributed by atoms with Crippen LogP contribution in [0.25, 0.3) is 0 Å². The lowest BCUT2D eigenvalue weighted by atomic mass is 9.96. The van der Waals surface area contributed by atoms with Crippen LogP contribution in [0.2, 0.25) is 0 Å². The van der Waals surface area contributed by atoms with Crippen LogP contribution in [0, 0.1) is 20.8 Å². The van der Waals surface area contributed by atoms with Crippen molar-refractivity contribution in [1.82, 2.24) is 14.8 Å². The van der Waals surface area contributed by atoms with E-state index >= 15 is 0 Å². The molecule has 1 unspecified atom stereocenters. The largest absolute Gasteiger partial charge is 0.354 e. The standard InChI is InChI=1S/C14H18N4/c1-9-4-5-10(2)12(8-9)13-6-7-15-14-16-11(3)17-18(13)14/h4-5,8,13H,6-7H2,1-3H3,(H,15,16,17). The summed E-state index contributed by atoms with van der Waals surface area (Å²) in [6, 6.07) is 6.93. The summed E-state index contributed by atoms with van der Waals surface area (Å²) in [5.41, 5.74) is 3.99. The van der Waals surface area contributed by atoms with Gasteiger partial charge in [-0.25, -0.2) is 4.68 Å². The smallest absolute Gasteiger partial charge is 0.221 e. The van der Waals surface area contributed by atoms with Crippen LogP contribution in [0.5, 0.6) is 0 Å². The van der Waals surface area contributed by atoms with E-state index in [0.717, 1.165) is 24.7 Å². The van der Waals surface area contributed by atoms with Crippen molar-refractivity contribution < 1.29 is 0 Å². The third-order valence-corrected chi connectivity index (χ3v) is 3.53. The summed E-state index contributed by atoms with van der Waals surface area (Å²) in [5, 5.41) is 7.83. The Bertz CT molecular complexity index is 585. The van der Waals surface area contributed by atoms with Gasteiger partial charge in [0.2, 0.25) is 5.95 Å². The molecule has 4 nitrogen and oxygen atoms in total. The second-order valence-electron chi connectivity index (χ2n) is 5.02. The maximum atomic E-state index is 4.52. The number of nitrogens with zero attached hydrogens (tertiary/aromatic N) is 3. The molecule has 1 atom stereocenters. The Hall–Kier alpha value is -1.84. The molecule has 0 amide bonds. The highest BCUT2D eigenvalue weighted by Gasteiger charge is 2.24. The SMILES string of the molecule is Cc1ccc(C)c(C2CCNc3nc(C)nn32)c1. The fourth-order valence-corrected chi connectivity index (χ4v) is 2.62. The van der Waals surface area contributed by atoms with Gasteiger partial charge in [-0.1, -0.05) is 23.8 Å². The fourth-order valence-electron chi connectivity index (χ4n) is 2.62. The molecule has 0 saturated heterocycles. The molecule has 1 aliphatic rings. The molecule has 2 aromatic rings. The van der Waals surface area contributed by atoms with E-state index in [-0.39, 0.29) is 0 Å². The Morgan fingerprint density at radius 1 is 1.28 bits per heavy atom. The lowest BCUT2D eigenvalue weighted by Gasteiger charge is -2.26. The summed E-state index contributed by atoms with van der Waals surface area (Å²) in [6.07, 6.45) is 1.06. The van der Waals surface area contributed by atoms with E-state index in [1.54, 1.807) is 0 Å². The van der Waals surface area contributed by atoms with Gasteiger partial charge in [-0.15, -0.1) is 0 Å². The topological polar surface area (TPSA) is 42.7 Å². The Morgan fingerprint density at radius 3 is 2.94 bits per heavy atom. The van der Waals surface area contributed by atoms with E-state index in [9.17, 15) is 0 Å². The van der Waals surface area contributed by atoms with Gasteiger partial charge in [-0.2, -0.15) is 10.1 Å². The minimum Gasteiger partial charge on any atom is -0.354 e. The van der Waals surface area contributed by atoms with Crippen LogP contribution in [-0.4, -0.2) is 21.3 Å². The molecule has 0 fully saturated rings. The summed E-state index contributed by atoms with van der Waals surface area (Å²) < 4.78 is 2.03. The molecule has 3 rings (SSSR count). The van der Waals surface area contributed by atoms with Crippen LogP contribution >= 0.6 is 0 Å². The molecule has 1 aliphatic heterocycles. The highest BCUT2D eigenvalue weighted by Crippen LogP contribution is 2.30. The number of nitrogens with one attached hydrogen (secondary N) is 1. The van der Waals surface area contributed by atoms with Crippen LogP contribution < -0.4 is 5.32 Å². The second kappa shape index (κ2) is 4.12. The summed E-state index contributed by atoms with van der Waals surface area (Å²) in [5.74, 6) is 1.72. The zero-order valence-electron chi connectivity index (χ0n) is 11.1. The molecule has 0 radical (unpaired) electrons. The highest BCUT2D eigenvalue weighted by atomic mass is 15.4. The van der Waals surface area contributed by atoms with Gasteiger partial charge in [-0.05, 0) is 38.3 Å². The number of aryl methyl sites for hydroxylation is 3. The van der Waals surface area contributed by atoms with Gasteiger partial charge in [-0.3, -0.25) is 0 Å². The number of hydrogen-bond donors (Lipinski definition) is 1. The summed E-state index contributed by atoms with van der Waals surface area (Å²) >= 11 is 0. The van der Waals surface area contributed by atoms with Crippen molar-refractivity contribution in [3.63, 3.8) is 0 Å². The van der Waals surface area contributed by atoms with Gasteiger partial charge in [0.15, 0.2) is 0 Å². The number of rotatable bonds is 1. The molecule has 4 heteroatoms. The number of aromatic nitrogens is 3. The van der Waals surface area contributed by atoms with E-state index in [0.29, 0.717) is 6.04 Å². The van der Waals surface area contributed by atoms with Gasteiger partial charge in [0.05, 0.1) is 6.04 Å². The summed E-state index contributed by atoms with van der Waals surface area (Å²) in [4.78, 5) is 4.42. The first-order chi connectivity index (χ1) is 8.65. The van der Waals surface area contributed by atoms with Gasteiger partial charge in [0, 0.05) is 6.54 Å². The van der Waals surface area contributed by atoms with E-state index in [2.05, 4.69) is 47.4 Å². The first-order valence-corrected chi connectivity index (χ1v) is 6.39. The van der Waals surface area contributed by atoms with Crippen molar-refractivity contribution >= 4 is 5.95 Å². The molecular weight excluding hydrogens is 224 g/mol. The average Bonchev–Trinajstić information content (AvgIpc) is 2.72. The predicted octanol–water partition coefficient (Wildman–Crippen LogP) is 2.61. The molecular formula is C14H18N4. The highest BCUT2D eigenvalue weighted by molar-refractivity contribution is 5.38. The van der Waals surface area contributed by atoms with Crippen LogP contribution in [0.3, 0.4) is 0 Å². The first kappa shape index (κ1) is 11.3. The van der Waals surface area contributed by atoms with E-state index in [1.807, 2.05) is 11.6 Å². The second-order valence-corrected chi connectivity index (χ2v) is 5.02. The van der Waals surface area contributed by atoms with Crippen molar-refractivity contribution in [3.05, 3.63) is 40.7 Å². The van der Waals surface area contributed by atoms with Crippen molar-refractivity contribution in [2.45, 2.75) is 33.2 Å². The fraction of sp³-hybridized carbons (Fsp3) is 0.429. The molecule has 0 spiro atoms. The molecule has 1 N–H and O–H groups in total. The molecule has 18 heavy (non-hydrogen) atoms. The predicted molar refractivity (Wildman–Crippen MR) is 71.9 cm³/mol. The minimum atomic E-state index is 0.308. The van der Waals surface area contributed by atoms with Gasteiger partial charge >= 0.3 is 0 Å². The van der Waals surface area contributed by atoms with Crippen molar-refractivity contribution in [2.75, 3.05) is 11.9 Å². The number of anilines is 1. The van der Waals surface area contributed by atoms with E-state index < -0.39 is 0 Å². The molecule has 94 valence electrons. The number of benzene rings is 1. The van der Waals surface area contributed by atoms with Crippen molar-refractivity contribution in [2.24, 2.45) is 0 Å². The van der Waals surface area contributed by atoms with Gasteiger partial charge < -0.3 is 5.32 Å². The lowest BCUT2D eigenvalue weighted by Crippen LogP contribution is -2.25. The van der Waals surface area contributed by atoms with Crippen molar-refractivity contribution in [3.8, 4) is 0 Å². The Labute approximate surface area is 107 Å². The van der Waals surface area contributed by atoms with Crippen LogP contribution in [0.4, 0.5) is 5.95 Å². The average molecular weight is 242 g/mol. The first-order valence-electron chi connectivity index (χ1n) is 6.39. The molecule has 0 bridgehead atoms. The van der Waals surface area contributed by atoms with Crippen LogP contribution in [0.1, 0.15) is 35.0 Å². The molecule has 0 aliphatic carbocycles. The van der Waals surface area contributed by atoms with Crippen molar-refractivity contribution in [1.29, 1.82) is 0 Å². The van der Waals surface area contributed by atoms with E-state index in [4.69, 9.17) is 0 Å². The third kappa shape index (κ3) is 1.78. The van der Waals surface area contributed by atoms with E-state index in [1.165, 1.54) is 16.7 Å². The maximum Gasteiger partial charge on any atom is 0.221 e. The van der Waals surface area contributed by atoms with Crippen LogP contribution in [0.15, 0.2) is 18.2 Å². The molecule has 1 aromatic carbocycles. The Balaban J connectivity index is 2.10. The zero-order valence-corrected chi connectivity index (χ0v) is 11.1. The Kier molecular flexibility index (Phi) is 2.58.